The van der Waals surface area contributed by atoms with Crippen molar-refractivity contribution in [3.05, 3.63) is 54.1 Å². The lowest BCUT2D eigenvalue weighted by Gasteiger charge is -2.33. The predicted octanol–water partition coefficient (Wildman–Crippen LogP) is 3.21. The topological polar surface area (TPSA) is 68.6 Å². The van der Waals surface area contributed by atoms with Crippen LogP contribution < -0.4 is 4.90 Å². The number of pyridine rings is 2. The Kier molecular flexibility index (Phi) is 3.43. The van der Waals surface area contributed by atoms with Gasteiger partial charge in [-0.2, -0.15) is 5.26 Å². The molecule has 0 aliphatic carbocycles. The monoisotopic (exact) mass is 303 g/mol. The molecule has 0 bridgehead atoms. The van der Waals surface area contributed by atoms with Gasteiger partial charge in [0.1, 0.15) is 17.4 Å². The number of fused-ring (bicyclic) bond motifs is 1. The first-order chi connectivity index (χ1) is 11.3. The molecule has 1 fully saturated rings. The quantitative estimate of drug-likeness (QED) is 0.789. The molecule has 114 valence electrons. The molecule has 0 atom stereocenters. The van der Waals surface area contributed by atoms with E-state index in [-0.39, 0.29) is 0 Å². The third-order valence-electron chi connectivity index (χ3n) is 4.65. The summed E-state index contributed by atoms with van der Waals surface area (Å²) in [4.78, 5) is 14.2. The van der Waals surface area contributed by atoms with Crippen molar-refractivity contribution in [2.75, 3.05) is 18.0 Å². The van der Waals surface area contributed by atoms with Gasteiger partial charge in [0.2, 0.25) is 0 Å². The van der Waals surface area contributed by atoms with Crippen LogP contribution in [-0.4, -0.2) is 28.0 Å². The van der Waals surface area contributed by atoms with Crippen molar-refractivity contribution in [3.63, 3.8) is 0 Å². The van der Waals surface area contributed by atoms with Gasteiger partial charge in [0.05, 0.1) is 11.9 Å². The second kappa shape index (κ2) is 5.73. The summed E-state index contributed by atoms with van der Waals surface area (Å²) >= 11 is 0. The standard InChI is InChI=1S/C18H17N5/c19-10-14-3-4-15(11-21-14)23-8-5-13(6-9-23)17-12-22-18-16(17)2-1-7-20-18/h1-4,7,11-13H,5-6,8-9H2,(H,20,22). The maximum Gasteiger partial charge on any atom is 0.140 e. The van der Waals surface area contributed by atoms with Crippen molar-refractivity contribution < 1.29 is 0 Å². The molecular weight excluding hydrogens is 286 g/mol. The minimum atomic E-state index is 0.468. The van der Waals surface area contributed by atoms with Crippen molar-refractivity contribution in [2.45, 2.75) is 18.8 Å². The number of H-pyrrole nitrogens is 1. The number of piperidine rings is 1. The van der Waals surface area contributed by atoms with Gasteiger partial charge in [-0.05, 0) is 48.6 Å². The van der Waals surface area contributed by atoms with Crippen LogP contribution in [0.2, 0.25) is 0 Å². The van der Waals surface area contributed by atoms with E-state index in [4.69, 9.17) is 5.26 Å². The Hall–Kier alpha value is -2.87. The summed E-state index contributed by atoms with van der Waals surface area (Å²) in [5, 5.41) is 10.1. The number of hydrogen-bond acceptors (Lipinski definition) is 4. The Morgan fingerprint density at radius 2 is 2.04 bits per heavy atom. The van der Waals surface area contributed by atoms with Crippen LogP contribution in [0.1, 0.15) is 30.0 Å². The van der Waals surface area contributed by atoms with Gasteiger partial charge in [0.15, 0.2) is 0 Å². The molecule has 4 rings (SSSR count). The molecule has 1 aliphatic rings. The Morgan fingerprint density at radius 1 is 1.17 bits per heavy atom. The van der Waals surface area contributed by atoms with E-state index in [2.05, 4.69) is 38.2 Å². The van der Waals surface area contributed by atoms with Gasteiger partial charge in [0, 0.05) is 30.9 Å². The highest BCUT2D eigenvalue weighted by molar-refractivity contribution is 5.80. The number of hydrogen-bond donors (Lipinski definition) is 1. The first kappa shape index (κ1) is 13.8. The van der Waals surface area contributed by atoms with Gasteiger partial charge in [-0.3, -0.25) is 0 Å². The van der Waals surface area contributed by atoms with Crippen LogP contribution in [0, 0.1) is 11.3 Å². The number of nitrogens with one attached hydrogen (secondary N) is 1. The first-order valence-corrected chi connectivity index (χ1v) is 7.88. The van der Waals surface area contributed by atoms with Gasteiger partial charge in [-0.25, -0.2) is 9.97 Å². The van der Waals surface area contributed by atoms with E-state index in [1.54, 1.807) is 12.3 Å². The maximum absolute atomic E-state index is 8.83. The smallest absolute Gasteiger partial charge is 0.140 e. The molecule has 3 aromatic heterocycles. The van der Waals surface area contributed by atoms with Crippen molar-refractivity contribution in [1.29, 1.82) is 5.26 Å². The van der Waals surface area contributed by atoms with Gasteiger partial charge in [-0.15, -0.1) is 0 Å². The zero-order valence-corrected chi connectivity index (χ0v) is 12.7. The van der Waals surface area contributed by atoms with Crippen LogP contribution >= 0.6 is 0 Å². The molecule has 0 aromatic carbocycles. The third kappa shape index (κ3) is 2.53. The highest BCUT2D eigenvalue weighted by Crippen LogP contribution is 2.33. The van der Waals surface area contributed by atoms with E-state index < -0.39 is 0 Å². The van der Waals surface area contributed by atoms with Crippen LogP contribution in [-0.2, 0) is 0 Å². The number of aromatic nitrogens is 3. The molecule has 0 radical (unpaired) electrons. The Morgan fingerprint density at radius 3 is 2.78 bits per heavy atom. The van der Waals surface area contributed by atoms with Crippen LogP contribution in [0.25, 0.3) is 11.0 Å². The van der Waals surface area contributed by atoms with E-state index in [0.717, 1.165) is 37.3 Å². The van der Waals surface area contributed by atoms with E-state index >= 15 is 0 Å². The molecule has 0 spiro atoms. The molecule has 3 aromatic rings. The summed E-state index contributed by atoms with van der Waals surface area (Å²) in [6.45, 7) is 2.01. The fourth-order valence-corrected chi connectivity index (χ4v) is 3.40. The van der Waals surface area contributed by atoms with E-state index in [9.17, 15) is 0 Å². The van der Waals surface area contributed by atoms with Crippen molar-refractivity contribution in [2.24, 2.45) is 0 Å². The molecule has 1 saturated heterocycles. The molecule has 1 N–H and O–H groups in total. The van der Waals surface area contributed by atoms with Crippen molar-refractivity contribution in [1.82, 2.24) is 15.0 Å². The number of nitrogens with zero attached hydrogens (tertiary/aromatic N) is 4. The number of anilines is 1. The third-order valence-corrected chi connectivity index (χ3v) is 4.65. The van der Waals surface area contributed by atoms with Crippen molar-refractivity contribution >= 4 is 16.7 Å². The lowest BCUT2D eigenvalue weighted by molar-refractivity contribution is 0.507. The van der Waals surface area contributed by atoms with Crippen LogP contribution in [0.15, 0.2) is 42.9 Å². The summed E-state index contributed by atoms with van der Waals surface area (Å²) in [5.74, 6) is 0.565. The van der Waals surface area contributed by atoms with Crippen molar-refractivity contribution in [3.8, 4) is 6.07 Å². The zero-order valence-electron chi connectivity index (χ0n) is 12.7. The van der Waals surface area contributed by atoms with Gasteiger partial charge in [-0.1, -0.05) is 0 Å². The minimum absolute atomic E-state index is 0.468. The summed E-state index contributed by atoms with van der Waals surface area (Å²) < 4.78 is 0. The van der Waals surface area contributed by atoms with Gasteiger partial charge >= 0.3 is 0 Å². The van der Waals surface area contributed by atoms with E-state index in [0.29, 0.717) is 11.6 Å². The molecule has 4 heterocycles. The Balaban J connectivity index is 1.49. The van der Waals surface area contributed by atoms with Gasteiger partial charge in [0.25, 0.3) is 0 Å². The molecule has 0 amide bonds. The average Bonchev–Trinajstić information content (AvgIpc) is 3.06. The molecule has 0 unspecified atom stereocenters. The Labute approximate surface area is 134 Å². The second-order valence-corrected chi connectivity index (χ2v) is 5.92. The van der Waals surface area contributed by atoms with E-state index in [1.807, 2.05) is 18.3 Å². The zero-order chi connectivity index (χ0) is 15.6. The minimum Gasteiger partial charge on any atom is -0.370 e. The van der Waals surface area contributed by atoms with Crippen LogP contribution in [0.5, 0.6) is 0 Å². The summed E-state index contributed by atoms with van der Waals surface area (Å²) in [6.07, 6.45) is 7.96. The van der Waals surface area contributed by atoms with Crippen LogP contribution in [0.3, 0.4) is 0 Å². The molecule has 23 heavy (non-hydrogen) atoms. The maximum atomic E-state index is 8.83. The number of aromatic amines is 1. The summed E-state index contributed by atoms with van der Waals surface area (Å²) in [5.41, 5.74) is 3.92. The first-order valence-electron chi connectivity index (χ1n) is 7.88. The SMILES string of the molecule is N#Cc1ccc(N2CCC(c3c[nH]c4ncccc34)CC2)cn1. The number of nitriles is 1. The average molecular weight is 303 g/mol. The molecule has 1 aliphatic heterocycles. The molecule has 0 saturated carbocycles. The van der Waals surface area contributed by atoms with Crippen LogP contribution in [0.4, 0.5) is 5.69 Å². The fourth-order valence-electron chi connectivity index (χ4n) is 3.40. The highest BCUT2D eigenvalue weighted by Gasteiger charge is 2.23. The predicted molar refractivity (Wildman–Crippen MR) is 89.2 cm³/mol. The lowest BCUT2D eigenvalue weighted by Crippen LogP contribution is -2.32. The molecule has 5 heteroatoms. The summed E-state index contributed by atoms with van der Waals surface area (Å²) in [7, 11) is 0. The van der Waals surface area contributed by atoms with E-state index in [1.165, 1.54) is 10.9 Å². The Bertz CT molecular complexity index is 851. The molecule has 5 nitrogen and oxygen atoms in total. The lowest BCUT2D eigenvalue weighted by atomic mass is 9.89. The largest absolute Gasteiger partial charge is 0.370 e. The number of rotatable bonds is 2. The van der Waals surface area contributed by atoms with Gasteiger partial charge < -0.3 is 9.88 Å². The second-order valence-electron chi connectivity index (χ2n) is 5.92. The highest BCUT2D eigenvalue weighted by atomic mass is 15.1. The molecular formula is C18H17N5. The summed E-state index contributed by atoms with van der Waals surface area (Å²) in [6, 6.07) is 9.97. The fraction of sp³-hybridized carbons (Fsp3) is 0.278. The normalized spacial score (nSPS) is 15.7.